The zero-order valence-electron chi connectivity index (χ0n) is 13.4. The van der Waals surface area contributed by atoms with Gasteiger partial charge in [0.15, 0.2) is 5.78 Å². The Bertz CT molecular complexity index is 902. The predicted molar refractivity (Wildman–Crippen MR) is 88.6 cm³/mol. The lowest BCUT2D eigenvalue weighted by Gasteiger charge is -2.12. The summed E-state index contributed by atoms with van der Waals surface area (Å²) < 4.78 is 0. The molecule has 0 unspecified atom stereocenters. The molecule has 1 aliphatic heterocycles. The number of benzene rings is 2. The topological polar surface area (TPSA) is 97.6 Å². The number of nitro groups is 1. The zero-order chi connectivity index (χ0) is 18.1. The average molecular weight is 338 g/mol. The van der Waals surface area contributed by atoms with E-state index in [1.165, 1.54) is 12.1 Å². The summed E-state index contributed by atoms with van der Waals surface area (Å²) in [6.45, 7) is 1.60. The Hall–Kier alpha value is -3.35. The first kappa shape index (κ1) is 16.5. The Morgan fingerprint density at radius 2 is 1.68 bits per heavy atom. The lowest BCUT2D eigenvalue weighted by molar-refractivity contribution is -0.384. The first-order chi connectivity index (χ1) is 11.9. The first-order valence-electron chi connectivity index (χ1n) is 7.69. The van der Waals surface area contributed by atoms with E-state index in [2.05, 4.69) is 0 Å². The van der Waals surface area contributed by atoms with E-state index in [1.54, 1.807) is 12.1 Å². The van der Waals surface area contributed by atoms with Crippen molar-refractivity contribution >= 4 is 23.3 Å². The molecule has 2 aromatic rings. The number of nitrogens with zero attached hydrogens (tertiary/aromatic N) is 2. The summed E-state index contributed by atoms with van der Waals surface area (Å²) in [5, 5.41) is 10.8. The summed E-state index contributed by atoms with van der Waals surface area (Å²) in [7, 11) is 0. The molecule has 0 fully saturated rings. The van der Waals surface area contributed by atoms with Crippen molar-refractivity contribution in [3.63, 3.8) is 0 Å². The van der Waals surface area contributed by atoms with Crippen molar-refractivity contribution < 1.29 is 19.3 Å². The molecule has 0 aromatic heterocycles. The monoisotopic (exact) mass is 338 g/mol. The SMILES string of the molecule is CCc1ccc(C(=O)CN2C(=O)c3ccc([N+](=O)[O-])cc3C2=O)cc1. The second kappa shape index (κ2) is 6.27. The quantitative estimate of drug-likeness (QED) is 0.361. The van der Waals surface area contributed by atoms with Gasteiger partial charge in [-0.25, -0.2) is 0 Å². The van der Waals surface area contributed by atoms with Crippen LogP contribution < -0.4 is 0 Å². The van der Waals surface area contributed by atoms with Crippen LogP contribution in [0.25, 0.3) is 0 Å². The highest BCUT2D eigenvalue weighted by Crippen LogP contribution is 2.27. The van der Waals surface area contributed by atoms with E-state index in [1.807, 2.05) is 19.1 Å². The van der Waals surface area contributed by atoms with Crippen LogP contribution in [0.5, 0.6) is 0 Å². The maximum absolute atomic E-state index is 12.4. The fourth-order valence-corrected chi connectivity index (χ4v) is 2.70. The lowest BCUT2D eigenvalue weighted by Crippen LogP contribution is -2.34. The van der Waals surface area contributed by atoms with Crippen LogP contribution in [0, 0.1) is 10.1 Å². The van der Waals surface area contributed by atoms with Crippen LogP contribution in [0.15, 0.2) is 42.5 Å². The van der Waals surface area contributed by atoms with E-state index >= 15 is 0 Å². The number of hydrogen-bond acceptors (Lipinski definition) is 5. The highest BCUT2D eigenvalue weighted by molar-refractivity contribution is 6.23. The number of ketones is 1. The maximum atomic E-state index is 12.4. The number of non-ortho nitro benzene ring substituents is 1. The summed E-state index contributed by atoms with van der Waals surface area (Å²) in [6.07, 6.45) is 0.839. The van der Waals surface area contributed by atoms with Gasteiger partial charge in [0.25, 0.3) is 17.5 Å². The van der Waals surface area contributed by atoms with Gasteiger partial charge in [-0.05, 0) is 18.1 Å². The average Bonchev–Trinajstić information content (AvgIpc) is 2.86. The Labute approximate surface area is 143 Å². The molecular weight excluding hydrogens is 324 g/mol. The first-order valence-corrected chi connectivity index (χ1v) is 7.69. The molecule has 0 bridgehead atoms. The predicted octanol–water partition coefficient (Wildman–Crippen LogP) is 2.64. The van der Waals surface area contributed by atoms with Crippen molar-refractivity contribution in [1.29, 1.82) is 0 Å². The molecule has 1 heterocycles. The molecule has 7 heteroatoms. The third-order valence-electron chi connectivity index (χ3n) is 4.15. The van der Waals surface area contributed by atoms with Crippen molar-refractivity contribution in [3.8, 4) is 0 Å². The van der Waals surface area contributed by atoms with Crippen molar-refractivity contribution in [3.05, 3.63) is 74.8 Å². The van der Waals surface area contributed by atoms with Crippen LogP contribution in [-0.4, -0.2) is 34.0 Å². The fraction of sp³-hybridized carbons (Fsp3) is 0.167. The van der Waals surface area contributed by atoms with Gasteiger partial charge in [-0.15, -0.1) is 0 Å². The van der Waals surface area contributed by atoms with Crippen LogP contribution in [0.3, 0.4) is 0 Å². The number of carbonyl (C=O) groups excluding carboxylic acids is 3. The van der Waals surface area contributed by atoms with Gasteiger partial charge in [-0.3, -0.25) is 29.4 Å². The maximum Gasteiger partial charge on any atom is 0.270 e. The van der Waals surface area contributed by atoms with Crippen LogP contribution in [-0.2, 0) is 6.42 Å². The number of nitro benzene ring substituents is 1. The van der Waals surface area contributed by atoms with Crippen molar-refractivity contribution in [2.24, 2.45) is 0 Å². The van der Waals surface area contributed by atoms with Gasteiger partial charge < -0.3 is 0 Å². The molecule has 126 valence electrons. The second-order valence-corrected chi connectivity index (χ2v) is 5.66. The third kappa shape index (κ3) is 2.91. The minimum atomic E-state index is -0.692. The number of carbonyl (C=O) groups is 3. The molecule has 0 saturated heterocycles. The number of fused-ring (bicyclic) bond motifs is 1. The Balaban J connectivity index is 1.83. The van der Waals surface area contributed by atoms with Gasteiger partial charge in [0.2, 0.25) is 0 Å². The Morgan fingerprint density at radius 1 is 1.04 bits per heavy atom. The number of imide groups is 1. The third-order valence-corrected chi connectivity index (χ3v) is 4.15. The minimum Gasteiger partial charge on any atom is -0.292 e. The summed E-state index contributed by atoms with van der Waals surface area (Å²) in [6, 6.07) is 10.4. The molecule has 0 saturated carbocycles. The van der Waals surface area contributed by atoms with Gasteiger partial charge >= 0.3 is 0 Å². The molecule has 0 spiro atoms. The van der Waals surface area contributed by atoms with Gasteiger partial charge in [0.1, 0.15) is 0 Å². The molecule has 2 aromatic carbocycles. The Kier molecular flexibility index (Phi) is 4.14. The van der Waals surface area contributed by atoms with E-state index < -0.39 is 23.3 Å². The molecule has 1 aliphatic rings. The molecule has 0 aliphatic carbocycles. The van der Waals surface area contributed by atoms with E-state index in [9.17, 15) is 24.5 Å². The summed E-state index contributed by atoms with van der Waals surface area (Å²) >= 11 is 0. The van der Waals surface area contributed by atoms with E-state index in [4.69, 9.17) is 0 Å². The zero-order valence-corrected chi connectivity index (χ0v) is 13.4. The lowest BCUT2D eigenvalue weighted by atomic mass is 10.1. The van der Waals surface area contributed by atoms with E-state index in [0.29, 0.717) is 5.56 Å². The van der Waals surface area contributed by atoms with Crippen molar-refractivity contribution in [2.75, 3.05) is 6.54 Å². The highest BCUT2D eigenvalue weighted by atomic mass is 16.6. The van der Waals surface area contributed by atoms with E-state index in [-0.39, 0.29) is 22.6 Å². The fourth-order valence-electron chi connectivity index (χ4n) is 2.70. The molecular formula is C18H14N2O5. The molecule has 3 rings (SSSR count). The second-order valence-electron chi connectivity index (χ2n) is 5.66. The molecule has 0 N–H and O–H groups in total. The standard InChI is InChI=1S/C18H14N2O5/c1-2-11-3-5-12(6-4-11)16(21)10-19-17(22)14-8-7-13(20(24)25)9-15(14)18(19)23/h3-9H,2,10H2,1H3. The van der Waals surface area contributed by atoms with E-state index in [0.717, 1.165) is 23.0 Å². The molecule has 7 nitrogen and oxygen atoms in total. The van der Waals surface area contributed by atoms with Gasteiger partial charge in [-0.2, -0.15) is 0 Å². The van der Waals surface area contributed by atoms with Crippen LogP contribution >= 0.6 is 0 Å². The summed E-state index contributed by atoms with van der Waals surface area (Å²) in [5.41, 5.74) is 1.23. The Morgan fingerprint density at radius 3 is 2.28 bits per heavy atom. The van der Waals surface area contributed by atoms with Crippen LogP contribution in [0.2, 0.25) is 0 Å². The normalized spacial score (nSPS) is 13.1. The number of hydrogen-bond donors (Lipinski definition) is 0. The summed E-state index contributed by atoms with van der Waals surface area (Å²) in [5.74, 6) is -1.68. The molecule has 25 heavy (non-hydrogen) atoms. The van der Waals surface area contributed by atoms with Crippen molar-refractivity contribution in [1.82, 2.24) is 4.90 Å². The van der Waals surface area contributed by atoms with Gasteiger partial charge in [-0.1, -0.05) is 31.2 Å². The minimum absolute atomic E-state index is 0.0478. The molecule has 0 atom stereocenters. The number of aryl methyl sites for hydroxylation is 1. The number of amides is 2. The highest BCUT2D eigenvalue weighted by Gasteiger charge is 2.37. The van der Waals surface area contributed by atoms with Crippen molar-refractivity contribution in [2.45, 2.75) is 13.3 Å². The molecule has 0 radical (unpaired) electrons. The largest absolute Gasteiger partial charge is 0.292 e. The van der Waals surface area contributed by atoms with Crippen LogP contribution in [0.4, 0.5) is 5.69 Å². The summed E-state index contributed by atoms with van der Waals surface area (Å²) in [4.78, 5) is 48.1. The number of rotatable bonds is 5. The number of Topliss-reactive ketones (excluding diaryl/α,β-unsaturated/α-hetero) is 1. The molecule has 2 amide bonds. The smallest absolute Gasteiger partial charge is 0.270 e. The van der Waals surface area contributed by atoms with Crippen LogP contribution in [0.1, 0.15) is 43.6 Å². The van der Waals surface area contributed by atoms with Gasteiger partial charge in [0.05, 0.1) is 22.6 Å². The van der Waals surface area contributed by atoms with Gasteiger partial charge in [0, 0.05) is 17.7 Å².